The molecule has 32 heavy (non-hydrogen) atoms. The number of ketones is 2. The minimum absolute atomic E-state index is 0.148. The molecule has 0 fully saturated rings. The van der Waals surface area contributed by atoms with Crippen molar-refractivity contribution >= 4 is 40.8 Å². The molecule has 0 amide bonds. The maximum Gasteiger partial charge on any atom is 0.232 e. The number of methoxy groups -OCH3 is 1. The molecule has 5 nitrogen and oxygen atoms in total. The number of rotatable bonds is 6. The number of hydrogen-bond donors (Lipinski definition) is 0. The molecule has 0 radical (unpaired) electrons. The molecule has 162 valence electrons. The summed E-state index contributed by atoms with van der Waals surface area (Å²) >= 11 is 12.0. The molecular weight excluding hydrogens is 451 g/mol. The number of allylic oxidation sites excluding steroid dienone is 1. The number of benzene rings is 3. The van der Waals surface area contributed by atoms with Crippen LogP contribution in [0.15, 0.2) is 60.4 Å². The van der Waals surface area contributed by atoms with Gasteiger partial charge in [-0.3, -0.25) is 9.59 Å². The van der Waals surface area contributed by atoms with Gasteiger partial charge in [0.1, 0.15) is 17.2 Å². The molecule has 7 heteroatoms. The van der Waals surface area contributed by atoms with Crippen LogP contribution in [0.5, 0.6) is 17.2 Å². The first-order valence-corrected chi connectivity index (χ1v) is 10.5. The van der Waals surface area contributed by atoms with Crippen molar-refractivity contribution in [3.05, 3.63) is 92.7 Å². The fourth-order valence-electron chi connectivity index (χ4n) is 3.32. The van der Waals surface area contributed by atoms with Crippen LogP contribution in [-0.2, 0) is 0 Å². The molecule has 0 spiro atoms. The fourth-order valence-corrected chi connectivity index (χ4v) is 3.63. The Morgan fingerprint density at radius 2 is 1.75 bits per heavy atom. The van der Waals surface area contributed by atoms with Crippen molar-refractivity contribution in [1.82, 2.24) is 0 Å². The Bertz CT molecular complexity index is 1250. The lowest BCUT2D eigenvalue weighted by atomic mass is 10.0. The van der Waals surface area contributed by atoms with Crippen LogP contribution >= 0.6 is 23.2 Å². The molecule has 0 atom stereocenters. The largest absolute Gasteiger partial charge is 0.497 e. The van der Waals surface area contributed by atoms with Crippen molar-refractivity contribution < 1.29 is 23.8 Å². The average Bonchev–Trinajstić information content (AvgIpc) is 3.10. The second-order valence-corrected chi connectivity index (χ2v) is 7.98. The van der Waals surface area contributed by atoms with Crippen LogP contribution in [0.2, 0.25) is 10.0 Å². The molecule has 0 saturated heterocycles. The van der Waals surface area contributed by atoms with Crippen molar-refractivity contribution in [2.45, 2.75) is 6.92 Å². The third kappa shape index (κ3) is 4.49. The Morgan fingerprint density at radius 1 is 1.00 bits per heavy atom. The molecule has 0 N–H and O–H groups in total. The molecule has 3 aromatic carbocycles. The Balaban J connectivity index is 1.50. The molecule has 0 saturated carbocycles. The third-order valence-corrected chi connectivity index (χ3v) is 5.71. The summed E-state index contributed by atoms with van der Waals surface area (Å²) in [6.07, 6.45) is 1.61. The van der Waals surface area contributed by atoms with Gasteiger partial charge in [0, 0.05) is 11.6 Å². The highest BCUT2D eigenvalue weighted by molar-refractivity contribution is 6.42. The van der Waals surface area contributed by atoms with Crippen LogP contribution in [0.1, 0.15) is 31.8 Å². The summed E-state index contributed by atoms with van der Waals surface area (Å²) in [4.78, 5) is 25.2. The predicted octanol–water partition coefficient (Wildman–Crippen LogP) is 6.19. The van der Waals surface area contributed by atoms with Gasteiger partial charge in [0.05, 0.1) is 22.7 Å². The highest BCUT2D eigenvalue weighted by Gasteiger charge is 2.30. The number of carbonyl (C=O) groups excluding carboxylic acids is 2. The predicted molar refractivity (Wildman–Crippen MR) is 123 cm³/mol. The molecule has 0 bridgehead atoms. The zero-order chi connectivity index (χ0) is 22.8. The quantitative estimate of drug-likeness (QED) is 0.318. The lowest BCUT2D eigenvalue weighted by molar-refractivity contribution is 0.0920. The fraction of sp³-hybridized carbons (Fsp3) is 0.120. The van der Waals surface area contributed by atoms with Crippen LogP contribution in [0, 0.1) is 6.92 Å². The number of carbonyl (C=O) groups is 2. The van der Waals surface area contributed by atoms with Gasteiger partial charge < -0.3 is 14.2 Å². The van der Waals surface area contributed by atoms with E-state index in [1.54, 1.807) is 74.7 Å². The van der Waals surface area contributed by atoms with Gasteiger partial charge in [-0.15, -0.1) is 0 Å². The highest BCUT2D eigenvalue weighted by atomic mass is 35.5. The smallest absolute Gasteiger partial charge is 0.232 e. The number of fused-ring (bicyclic) bond motifs is 1. The van der Waals surface area contributed by atoms with Crippen LogP contribution in [0.4, 0.5) is 0 Å². The zero-order valence-corrected chi connectivity index (χ0v) is 18.8. The van der Waals surface area contributed by atoms with Gasteiger partial charge in [-0.2, -0.15) is 0 Å². The lowest BCUT2D eigenvalue weighted by Crippen LogP contribution is -2.11. The van der Waals surface area contributed by atoms with Gasteiger partial charge in [0.15, 0.2) is 18.1 Å². The molecule has 0 aliphatic carbocycles. The first-order chi connectivity index (χ1) is 15.4. The Morgan fingerprint density at radius 3 is 2.44 bits per heavy atom. The van der Waals surface area contributed by atoms with Gasteiger partial charge in [-0.25, -0.2) is 0 Å². The number of ether oxygens (including phenoxy) is 3. The van der Waals surface area contributed by atoms with Crippen molar-refractivity contribution in [3.8, 4) is 17.2 Å². The molecule has 0 unspecified atom stereocenters. The van der Waals surface area contributed by atoms with Crippen molar-refractivity contribution in [1.29, 1.82) is 0 Å². The van der Waals surface area contributed by atoms with Crippen molar-refractivity contribution in [3.63, 3.8) is 0 Å². The Hall–Kier alpha value is -3.28. The van der Waals surface area contributed by atoms with E-state index in [-0.39, 0.29) is 23.9 Å². The maximum absolute atomic E-state index is 12.8. The number of Topliss-reactive ketones (excluding diaryl/α,β-unsaturated/α-hetero) is 2. The van der Waals surface area contributed by atoms with Gasteiger partial charge in [-0.05, 0) is 66.6 Å². The van der Waals surface area contributed by atoms with Gasteiger partial charge >= 0.3 is 0 Å². The van der Waals surface area contributed by atoms with E-state index in [9.17, 15) is 9.59 Å². The summed E-state index contributed by atoms with van der Waals surface area (Å²) in [7, 11) is 1.56. The lowest BCUT2D eigenvalue weighted by Gasteiger charge is -2.09. The second-order valence-electron chi connectivity index (χ2n) is 7.17. The normalized spacial score (nSPS) is 13.6. The topological polar surface area (TPSA) is 61.8 Å². The Kier molecular flexibility index (Phi) is 6.21. The van der Waals surface area contributed by atoms with E-state index in [0.29, 0.717) is 49.5 Å². The van der Waals surface area contributed by atoms with Crippen LogP contribution in [-0.4, -0.2) is 25.3 Å². The van der Waals surface area contributed by atoms with E-state index in [2.05, 4.69) is 0 Å². The summed E-state index contributed by atoms with van der Waals surface area (Å²) < 4.78 is 16.6. The van der Waals surface area contributed by atoms with Gasteiger partial charge in [0.25, 0.3) is 0 Å². The van der Waals surface area contributed by atoms with E-state index < -0.39 is 0 Å². The summed E-state index contributed by atoms with van der Waals surface area (Å²) in [5.74, 6) is 1.25. The average molecular weight is 469 g/mol. The van der Waals surface area contributed by atoms with E-state index in [4.69, 9.17) is 37.4 Å². The second kappa shape index (κ2) is 9.07. The minimum atomic E-state index is -0.232. The first kappa shape index (κ1) is 21.9. The first-order valence-electron chi connectivity index (χ1n) is 9.69. The molecule has 4 rings (SSSR count). The molecule has 1 aliphatic heterocycles. The third-order valence-electron chi connectivity index (χ3n) is 4.97. The van der Waals surface area contributed by atoms with Crippen LogP contribution in [0.25, 0.3) is 6.08 Å². The molecular formula is C25H18Cl2O5. The van der Waals surface area contributed by atoms with E-state index in [1.165, 1.54) is 0 Å². The zero-order valence-electron chi connectivity index (χ0n) is 17.3. The summed E-state index contributed by atoms with van der Waals surface area (Å²) in [5.41, 5.74) is 2.36. The summed E-state index contributed by atoms with van der Waals surface area (Å²) in [6.45, 7) is 1.64. The standard InChI is InChI=1S/C25H18Cl2O5/c1-14-9-18(31-13-21(28)16-4-6-17(30-2)7-5-16)12-22-24(14)25(29)23(32-22)11-15-3-8-19(26)20(27)10-15/h3-12H,13H2,1-2H3/b23-11-. The van der Waals surface area contributed by atoms with E-state index in [0.717, 1.165) is 0 Å². The summed E-state index contributed by atoms with van der Waals surface area (Å²) in [5, 5.41) is 0.815. The van der Waals surface area contributed by atoms with Gasteiger partial charge in [0.2, 0.25) is 5.78 Å². The molecule has 1 heterocycles. The Labute approximate surface area is 195 Å². The minimum Gasteiger partial charge on any atom is -0.497 e. The van der Waals surface area contributed by atoms with E-state index >= 15 is 0 Å². The number of hydrogen-bond acceptors (Lipinski definition) is 5. The number of aryl methyl sites for hydroxylation is 1. The van der Waals surface area contributed by atoms with Crippen LogP contribution < -0.4 is 14.2 Å². The van der Waals surface area contributed by atoms with Gasteiger partial charge in [-0.1, -0.05) is 29.3 Å². The van der Waals surface area contributed by atoms with Crippen molar-refractivity contribution in [2.75, 3.05) is 13.7 Å². The monoisotopic (exact) mass is 468 g/mol. The summed E-state index contributed by atoms with van der Waals surface area (Å²) in [6, 6.07) is 15.2. The SMILES string of the molecule is COc1ccc(C(=O)COc2cc(C)c3c(c2)O/C(=C\c2ccc(Cl)c(Cl)c2)C3=O)cc1. The number of halogens is 2. The maximum atomic E-state index is 12.8. The molecule has 1 aliphatic rings. The van der Waals surface area contributed by atoms with Crippen LogP contribution in [0.3, 0.4) is 0 Å². The molecule has 3 aromatic rings. The van der Waals surface area contributed by atoms with Crippen molar-refractivity contribution in [2.24, 2.45) is 0 Å². The molecule has 0 aromatic heterocycles. The van der Waals surface area contributed by atoms with E-state index in [1.807, 2.05) is 0 Å². The highest BCUT2D eigenvalue weighted by Crippen LogP contribution is 2.38.